The Morgan fingerprint density at radius 2 is 2.12 bits per heavy atom. The van der Waals surface area contributed by atoms with E-state index in [2.05, 4.69) is 19.9 Å². The van der Waals surface area contributed by atoms with Gasteiger partial charge in [0.15, 0.2) is 10.6 Å². The molecule has 3 rings (SSSR count). The van der Waals surface area contributed by atoms with E-state index in [0.29, 0.717) is 19.6 Å². The second-order valence-electron chi connectivity index (χ2n) is 6.88. The highest BCUT2D eigenvalue weighted by molar-refractivity contribution is 7.16. The fourth-order valence-corrected chi connectivity index (χ4v) is 3.39. The Morgan fingerprint density at radius 3 is 2.79 bits per heavy atom. The first kappa shape index (κ1) is 16.7. The molecule has 0 bridgehead atoms. The Morgan fingerprint density at radius 1 is 1.38 bits per heavy atom. The van der Waals surface area contributed by atoms with Crippen molar-refractivity contribution in [2.75, 3.05) is 30.3 Å². The largest absolute Gasteiger partial charge is 0.444 e. The van der Waals surface area contributed by atoms with Crippen LogP contribution in [0.25, 0.3) is 10.3 Å². The maximum absolute atomic E-state index is 12.3. The van der Waals surface area contributed by atoms with Gasteiger partial charge in [-0.05, 0) is 27.7 Å². The third kappa shape index (κ3) is 3.35. The molecule has 1 amide bonds. The van der Waals surface area contributed by atoms with Crippen LogP contribution >= 0.6 is 11.3 Å². The average molecular weight is 350 g/mol. The molecule has 2 aromatic heterocycles. The van der Waals surface area contributed by atoms with Gasteiger partial charge in [-0.25, -0.2) is 14.8 Å². The van der Waals surface area contributed by atoms with Crippen molar-refractivity contribution < 1.29 is 9.53 Å². The van der Waals surface area contributed by atoms with Crippen molar-refractivity contribution in [1.29, 1.82) is 0 Å². The lowest BCUT2D eigenvalue weighted by atomic mass is 10.2. The fraction of sp³-hybridized carbons (Fsp3) is 0.600. The number of nitrogen functional groups attached to an aromatic ring is 1. The lowest BCUT2D eigenvalue weighted by molar-refractivity contribution is 0.0159. The number of fused-ring (bicyclic) bond motifs is 1. The van der Waals surface area contributed by atoms with Crippen molar-refractivity contribution in [2.45, 2.75) is 39.3 Å². The molecular weight excluding hydrogens is 328 g/mol. The molecule has 2 aromatic rings. The average Bonchev–Trinajstić information content (AvgIpc) is 2.92. The second-order valence-corrected chi connectivity index (χ2v) is 7.71. The highest BCUT2D eigenvalue weighted by atomic mass is 32.1. The van der Waals surface area contributed by atoms with Crippen molar-refractivity contribution in [3.63, 3.8) is 0 Å². The third-order valence-corrected chi connectivity index (χ3v) is 4.47. The number of hydrogen-bond donors (Lipinski definition) is 1. The number of nitrogens with two attached hydrogens (primary N) is 1. The molecule has 130 valence electrons. The van der Waals surface area contributed by atoms with Crippen LogP contribution in [-0.4, -0.2) is 57.2 Å². The Hall–Kier alpha value is -2.16. The first-order valence-electron chi connectivity index (χ1n) is 7.86. The Balaban J connectivity index is 1.78. The molecule has 0 radical (unpaired) electrons. The van der Waals surface area contributed by atoms with E-state index in [1.54, 1.807) is 10.4 Å². The number of nitrogens with zero attached hydrogens (tertiary/aromatic N) is 5. The summed E-state index contributed by atoms with van der Waals surface area (Å²) in [5, 5.41) is 0. The molecule has 0 aliphatic carbocycles. The standard InChI is InChI=1S/C15H22N6O2S/c1-9-7-20(5-6-21(9)14(22)23-15(2,3)4)11-10-12(24-8-17-10)19-13(16)18-11/h8-9H,5-7H2,1-4H3,(H2,16,18,19). The van der Waals surface area contributed by atoms with E-state index in [4.69, 9.17) is 10.5 Å². The van der Waals surface area contributed by atoms with E-state index >= 15 is 0 Å². The first-order chi connectivity index (χ1) is 11.2. The van der Waals surface area contributed by atoms with E-state index in [0.717, 1.165) is 16.2 Å². The van der Waals surface area contributed by atoms with Crippen molar-refractivity contribution >= 4 is 39.5 Å². The molecule has 1 atom stereocenters. The summed E-state index contributed by atoms with van der Waals surface area (Å²) in [5.41, 5.74) is 7.81. The molecule has 0 aromatic carbocycles. The number of thiazole rings is 1. The summed E-state index contributed by atoms with van der Waals surface area (Å²) in [7, 11) is 0. The fourth-order valence-electron chi connectivity index (χ4n) is 2.73. The summed E-state index contributed by atoms with van der Waals surface area (Å²) in [6.07, 6.45) is -0.282. The maximum atomic E-state index is 12.3. The molecule has 1 unspecified atom stereocenters. The number of carbonyl (C=O) groups is 1. The van der Waals surface area contributed by atoms with Gasteiger partial charge in [0.2, 0.25) is 5.95 Å². The van der Waals surface area contributed by atoms with Gasteiger partial charge in [-0.3, -0.25) is 0 Å². The van der Waals surface area contributed by atoms with Gasteiger partial charge < -0.3 is 20.3 Å². The van der Waals surface area contributed by atoms with Crippen molar-refractivity contribution in [3.8, 4) is 0 Å². The van der Waals surface area contributed by atoms with E-state index in [9.17, 15) is 4.79 Å². The maximum Gasteiger partial charge on any atom is 0.410 e. The number of piperazine rings is 1. The zero-order valence-corrected chi connectivity index (χ0v) is 15.1. The van der Waals surface area contributed by atoms with Crippen LogP contribution in [0.15, 0.2) is 5.51 Å². The molecule has 2 N–H and O–H groups in total. The molecule has 0 saturated carbocycles. The van der Waals surface area contributed by atoms with Crippen molar-refractivity contribution in [3.05, 3.63) is 5.51 Å². The van der Waals surface area contributed by atoms with Gasteiger partial charge in [0.1, 0.15) is 11.1 Å². The minimum Gasteiger partial charge on any atom is -0.444 e. The summed E-state index contributed by atoms with van der Waals surface area (Å²) in [5.74, 6) is 0.971. The summed E-state index contributed by atoms with van der Waals surface area (Å²) in [6, 6.07) is -0.00141. The monoisotopic (exact) mass is 350 g/mol. The van der Waals surface area contributed by atoms with Crippen molar-refractivity contribution in [2.24, 2.45) is 0 Å². The number of anilines is 2. The van der Waals surface area contributed by atoms with Crippen molar-refractivity contribution in [1.82, 2.24) is 19.9 Å². The van der Waals surface area contributed by atoms with Gasteiger partial charge in [-0.1, -0.05) is 0 Å². The summed E-state index contributed by atoms with van der Waals surface area (Å²) < 4.78 is 5.48. The number of carbonyl (C=O) groups excluding carboxylic acids is 1. The normalized spacial score (nSPS) is 18.9. The molecule has 8 nitrogen and oxygen atoms in total. The van der Waals surface area contributed by atoms with E-state index in [1.165, 1.54) is 11.3 Å². The van der Waals surface area contributed by atoms with Gasteiger partial charge in [-0.15, -0.1) is 11.3 Å². The van der Waals surface area contributed by atoms with Gasteiger partial charge >= 0.3 is 6.09 Å². The number of hydrogen-bond acceptors (Lipinski definition) is 8. The van der Waals surface area contributed by atoms with Gasteiger partial charge in [0.25, 0.3) is 0 Å². The highest BCUT2D eigenvalue weighted by Crippen LogP contribution is 2.28. The predicted molar refractivity (Wildman–Crippen MR) is 94.2 cm³/mol. The lowest BCUT2D eigenvalue weighted by Gasteiger charge is -2.40. The minimum atomic E-state index is -0.498. The zero-order chi connectivity index (χ0) is 17.5. The van der Waals surface area contributed by atoms with Crippen LogP contribution in [0.5, 0.6) is 0 Å². The number of ether oxygens (including phenoxy) is 1. The lowest BCUT2D eigenvalue weighted by Crippen LogP contribution is -2.55. The Labute approximate surface area is 144 Å². The highest BCUT2D eigenvalue weighted by Gasteiger charge is 2.32. The van der Waals surface area contributed by atoms with E-state index in [1.807, 2.05) is 27.7 Å². The van der Waals surface area contributed by atoms with Crippen LogP contribution in [0, 0.1) is 0 Å². The third-order valence-electron chi connectivity index (χ3n) is 3.75. The smallest absolute Gasteiger partial charge is 0.410 e. The van der Waals surface area contributed by atoms with E-state index < -0.39 is 5.60 Å². The topological polar surface area (TPSA) is 97.5 Å². The van der Waals surface area contributed by atoms with Crippen LogP contribution in [-0.2, 0) is 4.74 Å². The van der Waals surface area contributed by atoms with Gasteiger partial charge in [0.05, 0.1) is 5.51 Å². The quantitative estimate of drug-likeness (QED) is 0.841. The van der Waals surface area contributed by atoms with E-state index in [-0.39, 0.29) is 18.1 Å². The molecule has 1 saturated heterocycles. The molecule has 1 aliphatic heterocycles. The number of rotatable bonds is 1. The van der Waals surface area contributed by atoms with Crippen LogP contribution < -0.4 is 10.6 Å². The number of aromatic nitrogens is 3. The molecule has 0 spiro atoms. The van der Waals surface area contributed by atoms with Gasteiger partial charge in [-0.2, -0.15) is 4.98 Å². The molecule has 1 aliphatic rings. The minimum absolute atomic E-state index is 0.00141. The molecule has 9 heteroatoms. The Kier molecular flexibility index (Phi) is 4.20. The number of amides is 1. The summed E-state index contributed by atoms with van der Waals surface area (Å²) in [6.45, 7) is 9.46. The van der Waals surface area contributed by atoms with Crippen LogP contribution in [0.3, 0.4) is 0 Å². The first-order valence-corrected chi connectivity index (χ1v) is 8.74. The van der Waals surface area contributed by atoms with Crippen LogP contribution in [0.1, 0.15) is 27.7 Å². The summed E-state index contributed by atoms with van der Waals surface area (Å²) in [4.78, 5) is 29.9. The molecule has 24 heavy (non-hydrogen) atoms. The molecular formula is C15H22N6O2S. The molecule has 1 fully saturated rings. The van der Waals surface area contributed by atoms with Crippen LogP contribution in [0.2, 0.25) is 0 Å². The van der Waals surface area contributed by atoms with Crippen LogP contribution in [0.4, 0.5) is 16.6 Å². The summed E-state index contributed by atoms with van der Waals surface area (Å²) >= 11 is 1.44. The van der Waals surface area contributed by atoms with Gasteiger partial charge in [0, 0.05) is 25.7 Å². The predicted octanol–water partition coefficient (Wildman–Crippen LogP) is 2.11. The second kappa shape index (κ2) is 6.04. The Bertz CT molecular complexity index is 756. The zero-order valence-electron chi connectivity index (χ0n) is 14.3. The molecule has 3 heterocycles. The SMILES string of the molecule is CC1CN(c2nc(N)nc3scnc23)CCN1C(=O)OC(C)(C)C.